The molecule has 0 aromatic heterocycles. The summed E-state index contributed by atoms with van der Waals surface area (Å²) in [7, 11) is 3.91. The molecular formula is C8H18N2O. The lowest BCUT2D eigenvalue weighted by molar-refractivity contribution is 0.143. The van der Waals surface area contributed by atoms with Gasteiger partial charge in [0.05, 0.1) is 6.61 Å². The van der Waals surface area contributed by atoms with Gasteiger partial charge >= 0.3 is 0 Å². The minimum Gasteiger partial charge on any atom is -0.383 e. The Labute approximate surface area is 68.7 Å². The van der Waals surface area contributed by atoms with Crippen molar-refractivity contribution in [2.45, 2.75) is 12.5 Å². The number of rotatable bonds is 4. The Morgan fingerprint density at radius 2 is 2.45 bits per heavy atom. The lowest BCUT2D eigenvalue weighted by Crippen LogP contribution is -2.35. The Bertz CT molecular complexity index is 102. The van der Waals surface area contributed by atoms with Gasteiger partial charge in [0.1, 0.15) is 0 Å². The molecule has 1 fully saturated rings. The summed E-state index contributed by atoms with van der Waals surface area (Å²) in [6, 6.07) is 0.727. The number of nitrogens with zero attached hydrogens (tertiary/aromatic N) is 1. The highest BCUT2D eigenvalue weighted by Crippen LogP contribution is 2.04. The van der Waals surface area contributed by atoms with Crippen LogP contribution in [0, 0.1) is 0 Å². The number of nitrogens with one attached hydrogen (secondary N) is 1. The van der Waals surface area contributed by atoms with Gasteiger partial charge in [0.15, 0.2) is 0 Å². The van der Waals surface area contributed by atoms with Gasteiger partial charge in [-0.2, -0.15) is 0 Å². The van der Waals surface area contributed by atoms with E-state index in [0.717, 1.165) is 25.7 Å². The van der Waals surface area contributed by atoms with Gasteiger partial charge in [-0.25, -0.2) is 0 Å². The number of likely N-dealkylation sites (N-methyl/N-ethyl adjacent to an activating group) is 1. The Morgan fingerprint density at radius 1 is 1.64 bits per heavy atom. The zero-order valence-corrected chi connectivity index (χ0v) is 7.47. The minimum absolute atomic E-state index is 0.727. The molecule has 0 saturated carbocycles. The van der Waals surface area contributed by atoms with Crippen molar-refractivity contribution in [1.29, 1.82) is 0 Å². The molecule has 0 aliphatic carbocycles. The van der Waals surface area contributed by atoms with Gasteiger partial charge < -0.3 is 10.1 Å². The maximum Gasteiger partial charge on any atom is 0.0589 e. The van der Waals surface area contributed by atoms with Crippen molar-refractivity contribution in [3.63, 3.8) is 0 Å². The molecule has 1 saturated heterocycles. The van der Waals surface area contributed by atoms with Crippen LogP contribution in [0.2, 0.25) is 0 Å². The molecule has 3 heteroatoms. The molecule has 1 N–H and O–H groups in total. The van der Waals surface area contributed by atoms with Crippen LogP contribution in [-0.4, -0.2) is 51.3 Å². The summed E-state index contributed by atoms with van der Waals surface area (Å²) in [5.41, 5.74) is 0. The van der Waals surface area contributed by atoms with Crippen LogP contribution in [0.5, 0.6) is 0 Å². The predicted molar refractivity (Wildman–Crippen MR) is 45.8 cm³/mol. The zero-order valence-electron chi connectivity index (χ0n) is 7.47. The van der Waals surface area contributed by atoms with Crippen LogP contribution in [0.25, 0.3) is 0 Å². The van der Waals surface area contributed by atoms with Gasteiger partial charge in [-0.15, -0.1) is 0 Å². The summed E-state index contributed by atoms with van der Waals surface area (Å²) in [4.78, 5) is 2.36. The van der Waals surface area contributed by atoms with Crippen LogP contribution >= 0.6 is 0 Å². The summed E-state index contributed by atoms with van der Waals surface area (Å²) < 4.78 is 5.01. The molecule has 0 aromatic carbocycles. The van der Waals surface area contributed by atoms with Crippen LogP contribution in [0.1, 0.15) is 6.42 Å². The first-order valence-corrected chi connectivity index (χ1v) is 4.24. The normalized spacial score (nSPS) is 24.8. The van der Waals surface area contributed by atoms with E-state index in [1.807, 2.05) is 0 Å². The van der Waals surface area contributed by atoms with Crippen LogP contribution in [0.4, 0.5) is 0 Å². The monoisotopic (exact) mass is 158 g/mol. The van der Waals surface area contributed by atoms with Gasteiger partial charge in [-0.1, -0.05) is 0 Å². The van der Waals surface area contributed by atoms with E-state index in [4.69, 9.17) is 4.74 Å². The highest BCUT2D eigenvalue weighted by atomic mass is 16.5. The largest absolute Gasteiger partial charge is 0.383 e. The summed E-state index contributed by atoms with van der Waals surface area (Å²) in [6.07, 6.45) is 1.28. The molecule has 1 aliphatic heterocycles. The molecule has 0 amide bonds. The topological polar surface area (TPSA) is 24.5 Å². The molecule has 3 nitrogen and oxygen atoms in total. The Balaban J connectivity index is 2.12. The van der Waals surface area contributed by atoms with E-state index in [2.05, 4.69) is 17.3 Å². The van der Waals surface area contributed by atoms with Crippen LogP contribution in [-0.2, 0) is 4.74 Å². The van der Waals surface area contributed by atoms with E-state index in [-0.39, 0.29) is 0 Å². The molecule has 0 bridgehead atoms. The van der Waals surface area contributed by atoms with E-state index in [1.165, 1.54) is 13.0 Å². The fraction of sp³-hybridized carbons (Fsp3) is 1.00. The Hall–Kier alpha value is -0.120. The molecule has 1 aliphatic rings. The second kappa shape index (κ2) is 4.70. The Kier molecular flexibility index (Phi) is 3.83. The lowest BCUT2D eigenvalue weighted by Gasteiger charge is -2.22. The molecule has 66 valence electrons. The molecule has 1 atom stereocenters. The molecule has 0 unspecified atom stereocenters. The summed E-state index contributed by atoms with van der Waals surface area (Å²) in [5, 5.41) is 3.35. The van der Waals surface area contributed by atoms with E-state index < -0.39 is 0 Å². The summed E-state index contributed by atoms with van der Waals surface area (Å²) in [5.74, 6) is 0. The molecule has 1 heterocycles. The quantitative estimate of drug-likeness (QED) is 0.619. The third-order valence-electron chi connectivity index (χ3n) is 2.31. The molecule has 1 rings (SSSR count). The maximum absolute atomic E-state index is 5.01. The van der Waals surface area contributed by atoms with Gasteiger partial charge in [-0.3, -0.25) is 4.90 Å². The van der Waals surface area contributed by atoms with Crippen molar-refractivity contribution in [2.75, 3.05) is 40.4 Å². The van der Waals surface area contributed by atoms with Crippen LogP contribution < -0.4 is 5.32 Å². The molecule has 11 heavy (non-hydrogen) atoms. The van der Waals surface area contributed by atoms with Crippen LogP contribution in [0.3, 0.4) is 0 Å². The highest BCUT2D eigenvalue weighted by molar-refractivity contribution is 4.78. The first-order valence-electron chi connectivity index (χ1n) is 4.24. The Morgan fingerprint density at radius 3 is 3.00 bits per heavy atom. The summed E-state index contributed by atoms with van der Waals surface area (Å²) in [6.45, 7) is 4.19. The molecule has 0 radical (unpaired) electrons. The average Bonchev–Trinajstić information content (AvgIpc) is 2.52. The zero-order chi connectivity index (χ0) is 8.10. The van der Waals surface area contributed by atoms with E-state index in [1.54, 1.807) is 7.11 Å². The van der Waals surface area contributed by atoms with Crippen molar-refractivity contribution in [3.05, 3.63) is 0 Å². The van der Waals surface area contributed by atoms with Gasteiger partial charge in [0.25, 0.3) is 0 Å². The predicted octanol–water partition coefficient (Wildman–Crippen LogP) is -0.0735. The van der Waals surface area contributed by atoms with Crippen molar-refractivity contribution in [1.82, 2.24) is 10.2 Å². The second-order valence-corrected chi connectivity index (χ2v) is 3.12. The number of ether oxygens (including phenoxy) is 1. The molecule has 0 spiro atoms. The van der Waals surface area contributed by atoms with E-state index in [9.17, 15) is 0 Å². The van der Waals surface area contributed by atoms with Gasteiger partial charge in [0.2, 0.25) is 0 Å². The number of hydrogen-bond donors (Lipinski definition) is 1. The second-order valence-electron chi connectivity index (χ2n) is 3.12. The van der Waals surface area contributed by atoms with Crippen molar-refractivity contribution < 1.29 is 4.74 Å². The SMILES string of the molecule is COCCN(C)[C@@H]1CCNC1. The fourth-order valence-electron chi connectivity index (χ4n) is 1.43. The van der Waals surface area contributed by atoms with Gasteiger partial charge in [-0.05, 0) is 20.0 Å². The first kappa shape index (κ1) is 8.97. The molecule has 0 aromatic rings. The fourth-order valence-corrected chi connectivity index (χ4v) is 1.43. The number of hydrogen-bond acceptors (Lipinski definition) is 3. The third-order valence-corrected chi connectivity index (χ3v) is 2.31. The third kappa shape index (κ3) is 2.77. The van der Waals surface area contributed by atoms with Crippen molar-refractivity contribution in [2.24, 2.45) is 0 Å². The van der Waals surface area contributed by atoms with E-state index >= 15 is 0 Å². The smallest absolute Gasteiger partial charge is 0.0589 e. The average molecular weight is 158 g/mol. The van der Waals surface area contributed by atoms with Crippen LogP contribution in [0.15, 0.2) is 0 Å². The number of methoxy groups -OCH3 is 1. The minimum atomic E-state index is 0.727. The lowest BCUT2D eigenvalue weighted by atomic mass is 10.2. The van der Waals surface area contributed by atoms with Crippen molar-refractivity contribution in [3.8, 4) is 0 Å². The maximum atomic E-state index is 5.01. The molecular weight excluding hydrogens is 140 g/mol. The van der Waals surface area contributed by atoms with Crippen molar-refractivity contribution >= 4 is 0 Å². The summed E-state index contributed by atoms with van der Waals surface area (Å²) >= 11 is 0. The van der Waals surface area contributed by atoms with E-state index in [0.29, 0.717) is 0 Å². The highest BCUT2D eigenvalue weighted by Gasteiger charge is 2.17. The standard InChI is InChI=1S/C8H18N2O/c1-10(5-6-11-2)8-3-4-9-7-8/h8-9H,3-7H2,1-2H3/t8-/m1/s1. The van der Waals surface area contributed by atoms with Gasteiger partial charge in [0, 0.05) is 26.2 Å². The first-order chi connectivity index (χ1) is 5.34.